The maximum atomic E-state index is 13.5. The summed E-state index contributed by atoms with van der Waals surface area (Å²) in [5.74, 6) is -0.540. The summed E-state index contributed by atoms with van der Waals surface area (Å²) in [4.78, 5) is 29.1. The Bertz CT molecular complexity index is 848. The van der Waals surface area contributed by atoms with Gasteiger partial charge in [-0.3, -0.25) is 9.59 Å². The van der Waals surface area contributed by atoms with E-state index in [1.54, 1.807) is 29.2 Å². The fraction of sp³-hybridized carbons (Fsp3) is 0.391. The molecule has 0 radical (unpaired) electrons. The summed E-state index contributed by atoms with van der Waals surface area (Å²) in [6.45, 7) is 3.45. The van der Waals surface area contributed by atoms with Crippen LogP contribution in [0.5, 0.6) is 0 Å². The third-order valence-electron chi connectivity index (χ3n) is 6.07. The molecule has 0 unspecified atom stereocenters. The van der Waals surface area contributed by atoms with E-state index in [9.17, 15) is 18.4 Å². The van der Waals surface area contributed by atoms with Gasteiger partial charge >= 0.3 is 0 Å². The Morgan fingerprint density at radius 1 is 0.900 bits per heavy atom. The van der Waals surface area contributed by atoms with Crippen LogP contribution in [0.15, 0.2) is 48.5 Å². The second-order valence-electron chi connectivity index (χ2n) is 7.99. The summed E-state index contributed by atoms with van der Waals surface area (Å²) in [5, 5.41) is 0. The van der Waals surface area contributed by atoms with Crippen molar-refractivity contribution in [2.45, 2.75) is 18.9 Å². The van der Waals surface area contributed by atoms with E-state index < -0.39 is 0 Å². The molecule has 0 aromatic heterocycles. The van der Waals surface area contributed by atoms with Crippen LogP contribution in [0.25, 0.3) is 0 Å². The molecule has 2 heterocycles. The Balaban J connectivity index is 1.46. The highest BCUT2D eigenvalue weighted by molar-refractivity contribution is 5.85. The first-order valence-electron chi connectivity index (χ1n) is 10.4. The number of hydrogen-bond donors (Lipinski definition) is 1. The maximum absolute atomic E-state index is 13.5. The topological polar surface area (TPSA) is 45.1 Å². The van der Waals surface area contributed by atoms with E-state index >= 15 is 0 Å². The van der Waals surface area contributed by atoms with Crippen LogP contribution >= 0.6 is 0 Å². The number of carbonyl (C=O) groups excluding carboxylic acids is 2. The molecule has 2 aromatic carbocycles. The Labute approximate surface area is 174 Å². The Morgan fingerprint density at radius 3 is 1.90 bits per heavy atom. The molecule has 2 amide bonds. The van der Waals surface area contributed by atoms with Crippen LogP contribution in [0.4, 0.5) is 8.78 Å². The minimum atomic E-state index is -0.293. The molecule has 2 aliphatic heterocycles. The van der Waals surface area contributed by atoms with Crippen molar-refractivity contribution in [3.05, 3.63) is 71.3 Å². The third-order valence-corrected chi connectivity index (χ3v) is 6.07. The lowest BCUT2D eigenvalue weighted by molar-refractivity contribution is -0.929. The number of benzene rings is 2. The summed E-state index contributed by atoms with van der Waals surface area (Å²) in [5.41, 5.74) is 1.92. The monoisotopic (exact) mass is 414 g/mol. The summed E-state index contributed by atoms with van der Waals surface area (Å²) in [6, 6.07) is 12.8. The fourth-order valence-corrected chi connectivity index (χ4v) is 4.44. The fourth-order valence-electron chi connectivity index (χ4n) is 4.44. The molecule has 2 fully saturated rings. The van der Waals surface area contributed by atoms with Gasteiger partial charge < -0.3 is 14.7 Å². The number of amides is 2. The lowest BCUT2D eigenvalue weighted by Crippen LogP contribution is -3.15. The molecule has 0 spiro atoms. The molecule has 2 saturated heterocycles. The molecular weight excluding hydrogens is 388 g/mol. The third kappa shape index (κ3) is 4.51. The van der Waals surface area contributed by atoms with Crippen molar-refractivity contribution >= 4 is 11.8 Å². The number of rotatable bonds is 5. The van der Waals surface area contributed by atoms with Gasteiger partial charge in [-0.2, -0.15) is 0 Å². The Morgan fingerprint density at radius 2 is 1.43 bits per heavy atom. The lowest BCUT2D eigenvalue weighted by Gasteiger charge is -2.37. The number of hydrogen-bond acceptors (Lipinski definition) is 2. The Hall–Kier alpha value is -2.80. The van der Waals surface area contributed by atoms with Gasteiger partial charge in [-0.15, -0.1) is 0 Å². The zero-order valence-electron chi connectivity index (χ0n) is 16.8. The maximum Gasteiger partial charge on any atom is 0.242 e. The first-order chi connectivity index (χ1) is 14.5. The van der Waals surface area contributed by atoms with Crippen LogP contribution < -0.4 is 4.90 Å². The van der Waals surface area contributed by atoms with Gasteiger partial charge in [0.1, 0.15) is 17.7 Å². The highest BCUT2D eigenvalue weighted by Crippen LogP contribution is 2.21. The van der Waals surface area contributed by atoms with Crippen molar-refractivity contribution in [3.63, 3.8) is 0 Å². The van der Waals surface area contributed by atoms with E-state index in [2.05, 4.69) is 0 Å². The molecule has 158 valence electrons. The number of carbonyl (C=O) groups is 2. The van der Waals surface area contributed by atoms with Gasteiger partial charge in [0.25, 0.3) is 0 Å². The molecule has 0 bridgehead atoms. The van der Waals surface area contributed by atoms with Gasteiger partial charge in [-0.05, 0) is 55.0 Å². The number of nitrogens with zero attached hydrogens (tertiary/aromatic N) is 2. The first kappa shape index (κ1) is 20.5. The van der Waals surface area contributed by atoms with Crippen molar-refractivity contribution in [1.82, 2.24) is 9.80 Å². The SMILES string of the molecule is O=C(CN1CCCC1=O)N1CC[NH+](C(c2ccc(F)cc2)c2ccc(F)cc2)CC1. The molecule has 2 aromatic rings. The van der Waals surface area contributed by atoms with E-state index in [0.717, 1.165) is 30.6 Å². The van der Waals surface area contributed by atoms with Gasteiger partial charge in [0, 0.05) is 24.1 Å². The minimum absolute atomic E-state index is 0.00980. The zero-order chi connectivity index (χ0) is 21.1. The predicted molar refractivity (Wildman–Crippen MR) is 108 cm³/mol. The molecule has 0 aliphatic carbocycles. The van der Waals surface area contributed by atoms with Crippen molar-refractivity contribution in [1.29, 1.82) is 0 Å². The summed E-state index contributed by atoms with van der Waals surface area (Å²) >= 11 is 0. The van der Waals surface area contributed by atoms with Gasteiger partial charge in [0.15, 0.2) is 0 Å². The second kappa shape index (κ2) is 8.92. The van der Waals surface area contributed by atoms with Crippen molar-refractivity contribution in [2.75, 3.05) is 39.3 Å². The van der Waals surface area contributed by atoms with Crippen LogP contribution in [0.1, 0.15) is 30.0 Å². The summed E-state index contributed by atoms with van der Waals surface area (Å²) < 4.78 is 26.9. The van der Waals surface area contributed by atoms with Crippen molar-refractivity contribution in [2.24, 2.45) is 0 Å². The average molecular weight is 414 g/mol. The largest absolute Gasteiger partial charge is 0.333 e. The van der Waals surface area contributed by atoms with Crippen LogP contribution in [0.3, 0.4) is 0 Å². The van der Waals surface area contributed by atoms with E-state index in [1.165, 1.54) is 29.2 Å². The highest BCUT2D eigenvalue weighted by Gasteiger charge is 2.33. The van der Waals surface area contributed by atoms with E-state index in [1.807, 2.05) is 4.90 Å². The second-order valence-corrected chi connectivity index (χ2v) is 7.99. The zero-order valence-corrected chi connectivity index (χ0v) is 16.8. The van der Waals surface area contributed by atoms with Crippen LogP contribution in [-0.4, -0.2) is 60.9 Å². The number of halogens is 2. The molecular formula is C23H26F2N3O2+. The van der Waals surface area contributed by atoms with E-state index in [-0.39, 0.29) is 36.0 Å². The van der Waals surface area contributed by atoms with Gasteiger partial charge in [-0.25, -0.2) is 8.78 Å². The smallest absolute Gasteiger partial charge is 0.242 e. The van der Waals surface area contributed by atoms with Gasteiger partial charge in [0.2, 0.25) is 11.8 Å². The molecule has 7 heteroatoms. The molecule has 5 nitrogen and oxygen atoms in total. The van der Waals surface area contributed by atoms with E-state index in [0.29, 0.717) is 26.1 Å². The standard InChI is InChI=1S/C23H25F2N3O2/c24-19-7-3-17(4-8-19)23(18-5-9-20(25)10-6-18)27-14-12-26(13-15-27)22(30)16-28-11-1-2-21(28)29/h3-10,23H,1-2,11-16H2/p+1. The molecule has 4 rings (SSSR count). The molecule has 0 atom stereocenters. The first-order valence-corrected chi connectivity index (χ1v) is 10.4. The van der Waals surface area contributed by atoms with E-state index in [4.69, 9.17) is 0 Å². The Kier molecular flexibility index (Phi) is 6.08. The van der Waals surface area contributed by atoms with Crippen molar-refractivity contribution < 1.29 is 23.3 Å². The molecule has 1 N–H and O–H groups in total. The van der Waals surface area contributed by atoms with Crippen LogP contribution in [0, 0.1) is 11.6 Å². The molecule has 30 heavy (non-hydrogen) atoms. The number of quaternary nitrogens is 1. The minimum Gasteiger partial charge on any atom is -0.333 e. The number of likely N-dealkylation sites (tertiary alicyclic amines) is 1. The summed E-state index contributed by atoms with van der Waals surface area (Å²) in [6.07, 6.45) is 1.35. The highest BCUT2D eigenvalue weighted by atomic mass is 19.1. The van der Waals surface area contributed by atoms with Gasteiger partial charge in [-0.1, -0.05) is 0 Å². The van der Waals surface area contributed by atoms with Crippen LogP contribution in [-0.2, 0) is 9.59 Å². The molecule has 0 saturated carbocycles. The van der Waals surface area contributed by atoms with Crippen LogP contribution in [0.2, 0.25) is 0 Å². The lowest BCUT2D eigenvalue weighted by atomic mass is 9.96. The summed E-state index contributed by atoms with van der Waals surface area (Å²) in [7, 11) is 0. The number of piperazine rings is 1. The normalized spacial score (nSPS) is 17.8. The quantitative estimate of drug-likeness (QED) is 0.804. The average Bonchev–Trinajstić information content (AvgIpc) is 3.16. The van der Waals surface area contributed by atoms with Crippen molar-refractivity contribution in [3.8, 4) is 0 Å². The molecule has 2 aliphatic rings. The predicted octanol–water partition coefficient (Wildman–Crippen LogP) is 1.40. The number of nitrogens with one attached hydrogen (secondary N) is 1. The van der Waals surface area contributed by atoms with Gasteiger partial charge in [0.05, 0.1) is 32.7 Å².